The van der Waals surface area contributed by atoms with Crippen molar-refractivity contribution in [3.8, 4) is 68.8 Å². The molecule has 17 nitrogen and oxygen atoms in total. The van der Waals surface area contributed by atoms with Crippen LogP contribution in [0, 0.1) is 22.7 Å². The molecular formula is C61H56N14O3. The average molecular weight is 1030 g/mol. The third kappa shape index (κ3) is 11.3. The van der Waals surface area contributed by atoms with Gasteiger partial charge in [0, 0.05) is 99.1 Å². The third-order valence-electron chi connectivity index (χ3n) is 15.0. The number of aromatic nitrogens is 7. The van der Waals surface area contributed by atoms with Crippen molar-refractivity contribution < 1.29 is 14.3 Å². The maximum Gasteiger partial charge on any atom is 0.351 e. The fraction of sp³-hybridized carbons (Fsp3) is 0.279. The highest BCUT2D eigenvalue weighted by Gasteiger charge is 2.28. The van der Waals surface area contributed by atoms with Crippen LogP contribution in [-0.2, 0) is 30.8 Å². The summed E-state index contributed by atoms with van der Waals surface area (Å²) in [6.45, 7) is 6.78. The molecule has 4 aliphatic heterocycles. The molecule has 12 rings (SSSR count). The number of ether oxygens (including phenoxy) is 2. The molecular weight excluding hydrogens is 977 g/mol. The van der Waals surface area contributed by atoms with Crippen LogP contribution in [0.4, 0.5) is 17.5 Å². The molecule has 0 atom stereocenters. The maximum atomic E-state index is 12.4. The summed E-state index contributed by atoms with van der Waals surface area (Å²) in [4.78, 5) is 51.6. The maximum absolute atomic E-state index is 12.4. The van der Waals surface area contributed by atoms with Crippen molar-refractivity contribution in [1.82, 2.24) is 44.7 Å². The number of hydrogen-bond donors (Lipinski definition) is 2. The first-order chi connectivity index (χ1) is 38.4. The fourth-order valence-corrected chi connectivity index (χ4v) is 10.9. The molecule has 17 heteroatoms. The smallest absolute Gasteiger partial charge is 0.351 e. The Hall–Kier alpha value is -9.16. The lowest BCUT2D eigenvalue weighted by Gasteiger charge is -2.32. The Morgan fingerprint density at radius 2 is 1.06 bits per heavy atom. The Labute approximate surface area is 452 Å². The number of piperidine rings is 2. The summed E-state index contributed by atoms with van der Waals surface area (Å²) in [6, 6.07) is 46.9. The number of carbonyl (C=O) groups excluding carboxylic acids is 1. The minimum Gasteiger partial charge on any atom is -0.462 e. The second-order valence-electron chi connectivity index (χ2n) is 20.3. The van der Waals surface area contributed by atoms with Gasteiger partial charge in [-0.1, -0.05) is 103 Å². The van der Waals surface area contributed by atoms with Crippen LogP contribution in [0.3, 0.4) is 0 Å². The number of nitrogens with zero attached hydrogens (tertiary/aromatic N) is 12. The molecule has 8 aromatic rings. The zero-order chi connectivity index (χ0) is 52.8. The van der Waals surface area contributed by atoms with Gasteiger partial charge in [-0.05, 0) is 84.5 Å². The predicted molar refractivity (Wildman–Crippen MR) is 296 cm³/mol. The van der Waals surface area contributed by atoms with E-state index in [0.29, 0.717) is 35.6 Å². The normalized spacial score (nSPS) is 16.0. The summed E-state index contributed by atoms with van der Waals surface area (Å²) in [6.07, 6.45) is 9.09. The number of aryl methyl sites for hydroxylation is 1. The number of anilines is 3. The lowest BCUT2D eigenvalue weighted by molar-refractivity contribution is -0.139. The second-order valence-corrected chi connectivity index (χ2v) is 20.3. The van der Waals surface area contributed by atoms with E-state index in [9.17, 15) is 15.3 Å². The standard InChI is InChI=1S/C61H56N14O3/c62-34-53-64-26-20-51(68-53)66-48-22-29-73(30-23-48)36-40-8-14-44(15-9-40)56-50(43-5-2-1-3-6-43)33-47-7-4-28-75(59(47)70-56)38-42-12-18-46(19-13-42)58-57(71-60-61(72-58)78-55(76)39-77-60)45-16-10-41(11-17-45)37-74-31-24-49(25-32-74)67-52-21-27-65-54(35-63)69-52/h1-3,5-6,8-21,26-27,33,48-49H,4,7,22-25,28-32,36-39H2,(H,64,66,68)(H,65,67,69). The van der Waals surface area contributed by atoms with Crippen molar-refractivity contribution in [1.29, 1.82) is 10.5 Å². The molecule has 8 heterocycles. The minimum absolute atomic E-state index is 0.0621. The number of likely N-dealkylation sites (tertiary alicyclic amines) is 2. The highest BCUT2D eigenvalue weighted by atomic mass is 16.6. The Balaban J connectivity index is 0.739. The Bertz CT molecular complexity index is 3530. The topological polar surface area (TPSA) is 207 Å². The summed E-state index contributed by atoms with van der Waals surface area (Å²) in [5, 5.41) is 25.4. The van der Waals surface area contributed by atoms with Crippen LogP contribution in [-0.4, -0.2) is 102 Å². The molecule has 0 aliphatic carbocycles. The van der Waals surface area contributed by atoms with E-state index in [4.69, 9.17) is 24.4 Å². The molecule has 2 fully saturated rings. The van der Waals surface area contributed by atoms with Gasteiger partial charge in [-0.25, -0.2) is 39.7 Å². The largest absolute Gasteiger partial charge is 0.462 e. The van der Waals surface area contributed by atoms with Crippen molar-refractivity contribution in [2.24, 2.45) is 0 Å². The number of benzene rings is 4. The van der Waals surface area contributed by atoms with Gasteiger partial charge >= 0.3 is 5.97 Å². The van der Waals surface area contributed by atoms with Gasteiger partial charge in [-0.15, -0.1) is 0 Å². The Kier molecular flexibility index (Phi) is 14.4. The first-order valence-electron chi connectivity index (χ1n) is 26.7. The molecule has 0 radical (unpaired) electrons. The quantitative estimate of drug-likeness (QED) is 0.0973. The van der Waals surface area contributed by atoms with E-state index in [-0.39, 0.29) is 36.1 Å². The first kappa shape index (κ1) is 49.7. The van der Waals surface area contributed by atoms with Crippen LogP contribution in [0.1, 0.15) is 66.0 Å². The highest BCUT2D eigenvalue weighted by molar-refractivity contribution is 5.84. The van der Waals surface area contributed by atoms with Crippen molar-refractivity contribution in [3.63, 3.8) is 0 Å². The van der Waals surface area contributed by atoms with Crippen molar-refractivity contribution in [2.45, 2.75) is 70.2 Å². The van der Waals surface area contributed by atoms with Gasteiger partial charge < -0.3 is 25.0 Å². The molecule has 0 spiro atoms. The fourth-order valence-electron chi connectivity index (χ4n) is 10.9. The number of nitriles is 2. The zero-order valence-electron chi connectivity index (χ0n) is 43.1. The molecule has 4 aliphatic rings. The van der Waals surface area contributed by atoms with Gasteiger partial charge in [0.05, 0.1) is 5.69 Å². The summed E-state index contributed by atoms with van der Waals surface area (Å²) >= 11 is 0. The van der Waals surface area contributed by atoms with Crippen LogP contribution in [0.2, 0.25) is 0 Å². The number of rotatable bonds is 14. The van der Waals surface area contributed by atoms with Gasteiger partial charge in [-0.2, -0.15) is 10.5 Å². The summed E-state index contributed by atoms with van der Waals surface area (Å²) < 4.78 is 11.3. The molecule has 4 aromatic heterocycles. The van der Waals surface area contributed by atoms with Crippen molar-refractivity contribution >= 4 is 23.4 Å². The molecule has 2 N–H and O–H groups in total. The molecule has 0 amide bonds. The number of nitrogens with one attached hydrogen (secondary N) is 2. The van der Waals surface area contributed by atoms with E-state index in [1.54, 1.807) is 18.5 Å². The first-order valence-corrected chi connectivity index (χ1v) is 26.7. The number of hydrogen-bond acceptors (Lipinski definition) is 17. The lowest BCUT2D eigenvalue weighted by atomic mass is 9.94. The van der Waals surface area contributed by atoms with Gasteiger partial charge in [-0.3, -0.25) is 9.80 Å². The van der Waals surface area contributed by atoms with E-state index in [1.165, 1.54) is 16.7 Å². The SMILES string of the molecule is N#Cc1nccc(NC2CCN(Cc3ccc(-c4nc5c(cc4-c4ccccc4)CCCN5Cc4ccc(-c5nc6c(nc5-c5ccc(CN7CCC(Nc8ccnc(C#N)n8)CC7)cc5)OCC(=O)O6)cc4)cc3)CC2)n1. The van der Waals surface area contributed by atoms with E-state index < -0.39 is 5.97 Å². The monoisotopic (exact) mass is 1030 g/mol. The molecule has 78 heavy (non-hydrogen) atoms. The van der Waals surface area contributed by atoms with Crippen molar-refractivity contribution in [3.05, 3.63) is 168 Å². The lowest BCUT2D eigenvalue weighted by Crippen LogP contribution is -2.38. The molecule has 0 saturated carbocycles. The van der Waals surface area contributed by atoms with Crippen LogP contribution in [0.15, 0.2) is 134 Å². The molecule has 0 bridgehead atoms. The highest BCUT2D eigenvalue weighted by Crippen LogP contribution is 2.40. The van der Waals surface area contributed by atoms with Gasteiger partial charge in [0.2, 0.25) is 11.6 Å². The second kappa shape index (κ2) is 22.6. The molecule has 4 aromatic carbocycles. The predicted octanol–water partition coefficient (Wildman–Crippen LogP) is 9.27. The Morgan fingerprint density at radius 1 is 0.551 bits per heavy atom. The minimum atomic E-state index is -0.515. The molecule has 0 unspecified atom stereocenters. The van der Waals surface area contributed by atoms with Gasteiger partial charge in [0.15, 0.2) is 6.61 Å². The number of fused-ring (bicyclic) bond motifs is 2. The molecule has 388 valence electrons. The summed E-state index contributed by atoms with van der Waals surface area (Å²) in [5.41, 5.74) is 12.1. The Morgan fingerprint density at radius 3 is 1.60 bits per heavy atom. The number of esters is 1. The van der Waals surface area contributed by atoms with Crippen molar-refractivity contribution in [2.75, 3.05) is 54.9 Å². The van der Waals surface area contributed by atoms with Gasteiger partial charge in [0.25, 0.3) is 11.8 Å². The molecule has 2 saturated heterocycles. The van der Waals surface area contributed by atoms with Crippen LogP contribution >= 0.6 is 0 Å². The third-order valence-corrected chi connectivity index (χ3v) is 15.0. The zero-order valence-corrected chi connectivity index (χ0v) is 43.1. The van der Waals surface area contributed by atoms with E-state index in [2.05, 4.69) is 154 Å². The summed E-state index contributed by atoms with van der Waals surface area (Å²) in [7, 11) is 0. The number of carbonyl (C=O) groups is 1. The van der Waals surface area contributed by atoms with Gasteiger partial charge in [0.1, 0.15) is 41.0 Å². The number of pyridine rings is 1. The van der Waals surface area contributed by atoms with Crippen LogP contribution < -0.4 is 25.0 Å². The van der Waals surface area contributed by atoms with Crippen LogP contribution in [0.25, 0.3) is 44.9 Å². The van der Waals surface area contributed by atoms with E-state index >= 15 is 0 Å². The average Bonchev–Trinajstić information content (AvgIpc) is 3.55. The van der Waals surface area contributed by atoms with Crippen LogP contribution in [0.5, 0.6) is 11.8 Å². The van der Waals surface area contributed by atoms with E-state index in [0.717, 1.165) is 129 Å². The summed E-state index contributed by atoms with van der Waals surface area (Å²) in [5.74, 6) is 2.47. The van der Waals surface area contributed by atoms with E-state index in [1.807, 2.05) is 18.2 Å².